The van der Waals surface area contributed by atoms with Gasteiger partial charge in [-0.2, -0.15) is 0 Å². The zero-order valence-corrected chi connectivity index (χ0v) is 13.6. The summed E-state index contributed by atoms with van der Waals surface area (Å²) in [5.74, 6) is -0.240. The fraction of sp³-hybridized carbons (Fsp3) is 0.500. The summed E-state index contributed by atoms with van der Waals surface area (Å²) in [5.41, 5.74) is 0.905. The summed E-state index contributed by atoms with van der Waals surface area (Å²) < 4.78 is 12.8. The van der Waals surface area contributed by atoms with Crippen LogP contribution in [-0.2, 0) is 11.3 Å². The average molecular weight is 338 g/mol. The van der Waals surface area contributed by atoms with Crippen LogP contribution in [0.25, 0.3) is 0 Å². The Kier molecular flexibility index (Phi) is 9.53. The zero-order valence-electron chi connectivity index (χ0n) is 12.0. The molecule has 1 unspecified atom stereocenters. The van der Waals surface area contributed by atoms with Crippen LogP contribution in [0, 0.1) is 5.82 Å². The molecule has 120 valence electrons. The molecule has 0 radical (unpaired) electrons. The predicted octanol–water partition coefficient (Wildman–Crippen LogP) is 1.58. The Morgan fingerprint density at radius 3 is 2.43 bits per heavy atom. The van der Waals surface area contributed by atoms with Crippen LogP contribution in [-0.4, -0.2) is 43.0 Å². The standard InChI is InChI=1S/C14H20FN3O.2ClH/c1-11(18-8-6-16-7-9-18)14(19)17-10-12-2-4-13(15)5-3-12;;/h2-5,11,16H,6-10H2,1H3,(H,17,19);2*1H. The number of hydrogen-bond donors (Lipinski definition) is 2. The molecule has 0 bridgehead atoms. The van der Waals surface area contributed by atoms with Crippen molar-refractivity contribution in [2.45, 2.75) is 19.5 Å². The number of nitrogens with one attached hydrogen (secondary N) is 2. The lowest BCUT2D eigenvalue weighted by atomic mass is 10.2. The average Bonchev–Trinajstić information content (AvgIpc) is 2.46. The third-order valence-electron chi connectivity index (χ3n) is 3.46. The van der Waals surface area contributed by atoms with E-state index in [0.717, 1.165) is 31.7 Å². The molecule has 7 heteroatoms. The number of rotatable bonds is 4. The number of nitrogens with zero attached hydrogens (tertiary/aromatic N) is 1. The Balaban J connectivity index is 0.00000200. The lowest BCUT2D eigenvalue weighted by Gasteiger charge is -2.31. The summed E-state index contributed by atoms with van der Waals surface area (Å²) in [7, 11) is 0. The highest BCUT2D eigenvalue weighted by Gasteiger charge is 2.22. The number of piperazine rings is 1. The molecule has 1 atom stereocenters. The fourth-order valence-corrected chi connectivity index (χ4v) is 2.17. The molecule has 1 aliphatic heterocycles. The minimum absolute atomic E-state index is 0. The molecule has 1 aromatic rings. The number of benzene rings is 1. The molecule has 4 nitrogen and oxygen atoms in total. The van der Waals surface area contributed by atoms with E-state index in [1.165, 1.54) is 12.1 Å². The number of hydrogen-bond acceptors (Lipinski definition) is 3. The van der Waals surface area contributed by atoms with Gasteiger partial charge in [0.15, 0.2) is 0 Å². The molecule has 0 aromatic heterocycles. The van der Waals surface area contributed by atoms with E-state index in [9.17, 15) is 9.18 Å². The molecule has 1 aliphatic rings. The monoisotopic (exact) mass is 337 g/mol. The first-order valence-electron chi connectivity index (χ1n) is 6.64. The van der Waals surface area contributed by atoms with Crippen LogP contribution in [0.5, 0.6) is 0 Å². The smallest absolute Gasteiger partial charge is 0.237 e. The van der Waals surface area contributed by atoms with E-state index in [0.29, 0.717) is 6.54 Å². The van der Waals surface area contributed by atoms with Crippen molar-refractivity contribution in [2.75, 3.05) is 26.2 Å². The first-order valence-corrected chi connectivity index (χ1v) is 6.64. The van der Waals surface area contributed by atoms with Crippen molar-refractivity contribution in [1.82, 2.24) is 15.5 Å². The van der Waals surface area contributed by atoms with Gasteiger partial charge in [-0.15, -0.1) is 24.8 Å². The SMILES string of the molecule is CC(C(=O)NCc1ccc(F)cc1)N1CCNCC1.Cl.Cl. The van der Waals surface area contributed by atoms with Crippen molar-refractivity contribution in [2.24, 2.45) is 0 Å². The number of halogens is 3. The molecule has 1 fully saturated rings. The fourth-order valence-electron chi connectivity index (χ4n) is 2.17. The molecule has 1 aromatic carbocycles. The number of carbonyl (C=O) groups excluding carboxylic acids is 1. The van der Waals surface area contributed by atoms with Gasteiger partial charge < -0.3 is 10.6 Å². The molecule has 1 saturated heterocycles. The first-order chi connectivity index (χ1) is 9.16. The van der Waals surface area contributed by atoms with Crippen LogP contribution in [0.1, 0.15) is 12.5 Å². The molecular weight excluding hydrogens is 316 g/mol. The van der Waals surface area contributed by atoms with E-state index in [-0.39, 0.29) is 42.6 Å². The van der Waals surface area contributed by atoms with E-state index in [4.69, 9.17) is 0 Å². The summed E-state index contributed by atoms with van der Waals surface area (Å²) >= 11 is 0. The van der Waals surface area contributed by atoms with Gasteiger partial charge in [0.1, 0.15) is 5.82 Å². The van der Waals surface area contributed by atoms with Gasteiger partial charge in [-0.1, -0.05) is 12.1 Å². The van der Waals surface area contributed by atoms with Crippen molar-refractivity contribution in [1.29, 1.82) is 0 Å². The van der Waals surface area contributed by atoms with Crippen LogP contribution >= 0.6 is 24.8 Å². The largest absolute Gasteiger partial charge is 0.351 e. The Morgan fingerprint density at radius 2 is 1.86 bits per heavy atom. The minimum atomic E-state index is -0.260. The van der Waals surface area contributed by atoms with Crippen LogP contribution < -0.4 is 10.6 Å². The molecule has 0 spiro atoms. The van der Waals surface area contributed by atoms with Crippen molar-refractivity contribution in [3.63, 3.8) is 0 Å². The maximum atomic E-state index is 12.8. The second-order valence-electron chi connectivity index (χ2n) is 4.81. The quantitative estimate of drug-likeness (QED) is 0.876. The maximum Gasteiger partial charge on any atom is 0.237 e. The lowest BCUT2D eigenvalue weighted by Crippen LogP contribution is -2.52. The second kappa shape index (κ2) is 9.95. The molecule has 2 N–H and O–H groups in total. The van der Waals surface area contributed by atoms with Crippen molar-refractivity contribution in [3.05, 3.63) is 35.6 Å². The molecule has 1 heterocycles. The first kappa shape index (κ1) is 20.1. The molecular formula is C14H22Cl2FN3O. The van der Waals surface area contributed by atoms with Gasteiger partial charge >= 0.3 is 0 Å². The normalized spacial score (nSPS) is 16.3. The highest BCUT2D eigenvalue weighted by atomic mass is 35.5. The zero-order chi connectivity index (χ0) is 13.7. The van der Waals surface area contributed by atoms with Gasteiger partial charge in [-0.25, -0.2) is 4.39 Å². The second-order valence-corrected chi connectivity index (χ2v) is 4.81. The van der Waals surface area contributed by atoms with Crippen LogP contribution in [0.4, 0.5) is 4.39 Å². The van der Waals surface area contributed by atoms with E-state index >= 15 is 0 Å². The van der Waals surface area contributed by atoms with Gasteiger partial charge in [0.25, 0.3) is 0 Å². The minimum Gasteiger partial charge on any atom is -0.351 e. The maximum absolute atomic E-state index is 12.8. The molecule has 1 amide bonds. The Labute approximate surface area is 137 Å². The lowest BCUT2D eigenvalue weighted by molar-refractivity contribution is -0.126. The summed E-state index contributed by atoms with van der Waals surface area (Å²) in [5, 5.41) is 6.15. The van der Waals surface area contributed by atoms with Crippen LogP contribution in [0.3, 0.4) is 0 Å². The van der Waals surface area contributed by atoms with Crippen molar-refractivity contribution >= 4 is 30.7 Å². The van der Waals surface area contributed by atoms with E-state index < -0.39 is 0 Å². The topological polar surface area (TPSA) is 44.4 Å². The van der Waals surface area contributed by atoms with E-state index in [1.54, 1.807) is 12.1 Å². The third kappa shape index (κ3) is 6.18. The number of amides is 1. The highest BCUT2D eigenvalue weighted by Crippen LogP contribution is 2.04. The Morgan fingerprint density at radius 1 is 1.29 bits per heavy atom. The molecule has 0 saturated carbocycles. The van der Waals surface area contributed by atoms with E-state index in [1.807, 2.05) is 6.92 Å². The van der Waals surface area contributed by atoms with Crippen molar-refractivity contribution < 1.29 is 9.18 Å². The van der Waals surface area contributed by atoms with Crippen LogP contribution in [0.2, 0.25) is 0 Å². The van der Waals surface area contributed by atoms with E-state index in [2.05, 4.69) is 15.5 Å². The van der Waals surface area contributed by atoms with Crippen LogP contribution in [0.15, 0.2) is 24.3 Å². The van der Waals surface area contributed by atoms with Gasteiger partial charge in [0, 0.05) is 32.7 Å². The highest BCUT2D eigenvalue weighted by molar-refractivity contribution is 5.85. The molecule has 21 heavy (non-hydrogen) atoms. The van der Waals surface area contributed by atoms with Gasteiger partial charge in [-0.05, 0) is 24.6 Å². The van der Waals surface area contributed by atoms with Gasteiger partial charge in [0.2, 0.25) is 5.91 Å². The molecule has 0 aliphatic carbocycles. The predicted molar refractivity (Wildman–Crippen MR) is 86.6 cm³/mol. The summed E-state index contributed by atoms with van der Waals surface area (Å²) in [6.07, 6.45) is 0. The Bertz CT molecular complexity index is 425. The van der Waals surface area contributed by atoms with Gasteiger partial charge in [0.05, 0.1) is 6.04 Å². The summed E-state index contributed by atoms with van der Waals surface area (Å²) in [6.45, 7) is 6.00. The molecule has 2 rings (SSSR count). The van der Waals surface area contributed by atoms with Gasteiger partial charge in [-0.3, -0.25) is 9.69 Å². The summed E-state index contributed by atoms with van der Waals surface area (Å²) in [6, 6.07) is 6.06. The summed E-state index contributed by atoms with van der Waals surface area (Å²) in [4.78, 5) is 14.2. The third-order valence-corrected chi connectivity index (χ3v) is 3.46. The Hall–Kier alpha value is -0.880. The number of carbonyl (C=O) groups is 1. The van der Waals surface area contributed by atoms with Crippen molar-refractivity contribution in [3.8, 4) is 0 Å².